The third-order valence-corrected chi connectivity index (χ3v) is 25.8. The van der Waals surface area contributed by atoms with Gasteiger partial charge in [0.2, 0.25) is 5.71 Å². The third kappa shape index (κ3) is 16.3. The van der Waals surface area contributed by atoms with Crippen molar-refractivity contribution in [3.8, 4) is 169 Å². The van der Waals surface area contributed by atoms with Gasteiger partial charge in [-0.1, -0.05) is 370 Å². The van der Waals surface area contributed by atoms with E-state index in [-0.39, 0.29) is 0 Å². The van der Waals surface area contributed by atoms with Crippen LogP contribution in [-0.4, -0.2) is 59.8 Å². The van der Waals surface area contributed by atoms with Gasteiger partial charge in [0.15, 0.2) is 52.4 Å². The summed E-state index contributed by atoms with van der Waals surface area (Å²) in [6.07, 6.45) is 5.50. The molecule has 15 heteroatoms. The van der Waals surface area contributed by atoms with Crippen molar-refractivity contribution in [3.63, 3.8) is 0 Å². The van der Waals surface area contributed by atoms with Gasteiger partial charge in [-0.2, -0.15) is 0 Å². The van der Waals surface area contributed by atoms with Gasteiger partial charge < -0.3 is 13.3 Å². The second-order valence-electron chi connectivity index (χ2n) is 34.5. The van der Waals surface area contributed by atoms with Gasteiger partial charge in [-0.3, -0.25) is 9.97 Å². The van der Waals surface area contributed by atoms with Crippen molar-refractivity contribution in [1.29, 1.82) is 0 Å². The van der Waals surface area contributed by atoms with Crippen LogP contribution in [0.25, 0.3) is 268 Å². The van der Waals surface area contributed by atoms with Crippen molar-refractivity contribution in [2.75, 3.05) is 0 Å². The van der Waals surface area contributed by atoms with Crippen molar-refractivity contribution in [2.24, 2.45) is 0 Å². The minimum Gasteiger partial charge on any atom is -0.455 e. The molecule has 0 radical (unpaired) electrons. The molecule has 0 fully saturated rings. The Bertz CT molecular complexity index is 8500. The van der Waals surface area contributed by atoms with Crippen molar-refractivity contribution in [2.45, 2.75) is 0 Å². The number of nitrogens with zero attached hydrogens (tertiary/aromatic N) is 12. The third-order valence-electron chi connectivity index (χ3n) is 25.8. The molecular formula is C126H78N12O3. The van der Waals surface area contributed by atoms with Crippen LogP contribution in [0.3, 0.4) is 0 Å². The maximum Gasteiger partial charge on any atom is 0.227 e. The first-order valence-corrected chi connectivity index (χ1v) is 46.7. The molecule has 141 heavy (non-hydrogen) atoms. The zero-order valence-electron chi connectivity index (χ0n) is 75.6. The molecule has 0 N–H and O–H groups in total. The molecule has 9 heterocycles. The molecule has 0 spiro atoms. The molecule has 18 aromatic carbocycles. The van der Waals surface area contributed by atoms with Crippen LogP contribution in [0.5, 0.6) is 0 Å². The summed E-state index contributed by atoms with van der Waals surface area (Å²) in [6, 6.07) is 155. The summed E-state index contributed by atoms with van der Waals surface area (Å²) in [5.74, 6) is 5.39. The first-order valence-electron chi connectivity index (χ1n) is 46.7. The van der Waals surface area contributed by atoms with E-state index in [1.165, 1.54) is 0 Å². The van der Waals surface area contributed by atoms with E-state index in [1.54, 1.807) is 0 Å². The van der Waals surface area contributed by atoms with Crippen LogP contribution in [0.2, 0.25) is 0 Å². The van der Waals surface area contributed by atoms with Crippen LogP contribution in [0.4, 0.5) is 0 Å². The highest BCUT2D eigenvalue weighted by molar-refractivity contribution is 6.21. The summed E-state index contributed by atoms with van der Waals surface area (Å²) in [5.41, 5.74) is 27.5. The number of aromatic nitrogens is 12. The van der Waals surface area contributed by atoms with Gasteiger partial charge in [0.05, 0.1) is 11.0 Å². The van der Waals surface area contributed by atoms with Crippen molar-refractivity contribution >= 4 is 98.5 Å². The predicted molar refractivity (Wildman–Crippen MR) is 569 cm³/mol. The van der Waals surface area contributed by atoms with Gasteiger partial charge in [-0.05, 0) is 134 Å². The van der Waals surface area contributed by atoms with Gasteiger partial charge in [0.1, 0.15) is 27.9 Å². The summed E-state index contributed by atoms with van der Waals surface area (Å²) < 4.78 is 20.0. The first kappa shape index (κ1) is 83.4. The van der Waals surface area contributed by atoms with E-state index in [0.717, 1.165) is 210 Å². The fourth-order valence-corrected chi connectivity index (χ4v) is 18.8. The van der Waals surface area contributed by atoms with E-state index < -0.39 is 0 Å². The molecule has 0 saturated heterocycles. The highest BCUT2D eigenvalue weighted by Gasteiger charge is 2.27. The number of fused-ring (bicyclic) bond motifs is 12. The molecular weight excluding hydrogens is 1730 g/mol. The number of hydrogen-bond acceptors (Lipinski definition) is 15. The standard InChI is InChI=1S/3C42H26N4O/c1-4-12-27(13-5-1)28-20-22-31(23-21-28)40-44-39(30-16-8-3-9-17-30)45-41(46-40)34-25-24-33(29-14-6-2-7-15-29)38-37(34)35-26-32-18-10-11-19-36(32)43-42(35)47-38;1-4-11-27(12-5-1)28-18-20-31(21-19-28)41-44-40(30-15-8-3-9-16-30)45-42(46-41)34-23-22-33(29-13-6-2-7-14-29)39-38(34)35-25-32-17-10-24-43-36(32)26-37(35)47-39;1-4-10-27(11-5-1)28-16-18-31(19-17-28)41-44-40(30-14-8-3-9-15-30)45-42(46-41)35-21-20-34(29-12-6-2-7-13-29)39-38(35)36-24-32-22-23-43-26-33(32)25-37(36)47-39/h3*1-26H. The number of rotatable bonds is 15. The molecule has 0 aliphatic carbocycles. The highest BCUT2D eigenvalue weighted by atomic mass is 16.3. The zero-order valence-corrected chi connectivity index (χ0v) is 75.6. The Morgan fingerprint density at radius 3 is 0.830 bits per heavy atom. The quantitative estimate of drug-likeness (QED) is 0.0940. The second-order valence-corrected chi connectivity index (χ2v) is 34.5. The van der Waals surface area contributed by atoms with Crippen molar-refractivity contribution < 1.29 is 13.3 Å². The van der Waals surface area contributed by atoms with Crippen LogP contribution < -0.4 is 0 Å². The Kier molecular flexibility index (Phi) is 21.6. The van der Waals surface area contributed by atoms with E-state index in [1.807, 2.05) is 219 Å². The molecule has 0 atom stereocenters. The molecule has 0 unspecified atom stereocenters. The monoisotopic (exact) mass is 1810 g/mol. The van der Waals surface area contributed by atoms with E-state index in [9.17, 15) is 0 Å². The summed E-state index contributed by atoms with van der Waals surface area (Å²) in [7, 11) is 0. The largest absolute Gasteiger partial charge is 0.455 e. The molecule has 0 aliphatic heterocycles. The molecule has 15 nitrogen and oxygen atoms in total. The topological polar surface area (TPSA) is 194 Å². The Morgan fingerprint density at radius 2 is 0.440 bits per heavy atom. The van der Waals surface area contributed by atoms with Crippen LogP contribution >= 0.6 is 0 Å². The fraction of sp³-hybridized carbons (Fsp3) is 0. The van der Waals surface area contributed by atoms with Gasteiger partial charge in [-0.15, -0.1) is 0 Å². The Hall–Kier alpha value is -19.4. The summed E-state index contributed by atoms with van der Waals surface area (Å²) in [6.45, 7) is 0. The molecule has 9 aromatic heterocycles. The smallest absolute Gasteiger partial charge is 0.227 e. The van der Waals surface area contributed by atoms with Gasteiger partial charge in [0.25, 0.3) is 0 Å². The minimum atomic E-state index is 0.571. The van der Waals surface area contributed by atoms with Crippen LogP contribution in [0, 0.1) is 0 Å². The normalized spacial score (nSPS) is 11.4. The lowest BCUT2D eigenvalue weighted by molar-refractivity contribution is 0.657. The van der Waals surface area contributed by atoms with E-state index in [0.29, 0.717) is 58.1 Å². The Morgan fingerprint density at radius 1 is 0.163 bits per heavy atom. The highest BCUT2D eigenvalue weighted by Crippen LogP contribution is 2.48. The van der Waals surface area contributed by atoms with E-state index in [2.05, 4.69) is 265 Å². The van der Waals surface area contributed by atoms with Gasteiger partial charge in [0, 0.05) is 140 Å². The molecule has 660 valence electrons. The van der Waals surface area contributed by atoms with Crippen LogP contribution in [0.1, 0.15) is 0 Å². The number of pyridine rings is 3. The lowest BCUT2D eigenvalue weighted by Crippen LogP contribution is -2.00. The van der Waals surface area contributed by atoms with E-state index in [4.69, 9.17) is 63.1 Å². The SMILES string of the molecule is c1ccc(-c2ccc(-c3nc(-c4ccccc4)nc(-c4ccc(-c5ccccc5)c5oc6cc7cnccc7cc6c45)n3)cc2)cc1.c1ccc(-c2ccc(-c3nc(-c4ccccc4)nc(-c4ccc(-c5ccccc5)c5oc6cc7ncccc7cc6c45)n3)cc2)cc1.c1ccc(-c2ccc(-c3nc(-c4ccccc4)nc(-c4ccc(-c5ccccc5)c5oc6nc7ccccc7cc6c45)n3)cc2)cc1. The lowest BCUT2D eigenvalue weighted by atomic mass is 9.97. The second kappa shape index (κ2) is 36.4. The summed E-state index contributed by atoms with van der Waals surface area (Å²) >= 11 is 0. The Labute approximate surface area is 809 Å². The average Bonchev–Trinajstić information content (AvgIpc) is 1.59. The van der Waals surface area contributed by atoms with Crippen molar-refractivity contribution in [3.05, 3.63) is 474 Å². The van der Waals surface area contributed by atoms with Crippen LogP contribution in [0.15, 0.2) is 487 Å². The van der Waals surface area contributed by atoms with Gasteiger partial charge >= 0.3 is 0 Å². The van der Waals surface area contributed by atoms with E-state index >= 15 is 0 Å². The molecule has 27 rings (SSSR count). The molecule has 0 amide bonds. The summed E-state index contributed by atoms with van der Waals surface area (Å²) in [4.78, 5) is 59.4. The average molecular weight is 1810 g/mol. The van der Waals surface area contributed by atoms with Gasteiger partial charge in [-0.25, -0.2) is 49.8 Å². The fourth-order valence-electron chi connectivity index (χ4n) is 18.8. The molecule has 0 aliphatic rings. The zero-order chi connectivity index (χ0) is 93.5. The number of furan rings is 3. The summed E-state index contributed by atoms with van der Waals surface area (Å²) in [5, 5.41) is 9.96. The lowest BCUT2D eigenvalue weighted by Gasteiger charge is -2.11. The first-order chi connectivity index (χ1) is 69.8. The number of para-hydroxylation sites is 1. The maximum absolute atomic E-state index is 6.69. The molecule has 0 bridgehead atoms. The molecule has 0 saturated carbocycles. The number of hydrogen-bond donors (Lipinski definition) is 0. The molecule has 27 aromatic rings. The minimum absolute atomic E-state index is 0.571. The Balaban J connectivity index is 0.000000111. The number of benzene rings is 18. The van der Waals surface area contributed by atoms with Crippen molar-refractivity contribution in [1.82, 2.24) is 59.8 Å². The predicted octanol–water partition coefficient (Wildman–Crippen LogP) is 32.0. The maximum atomic E-state index is 6.69. The van der Waals surface area contributed by atoms with Crippen LogP contribution in [-0.2, 0) is 0 Å².